The van der Waals surface area contributed by atoms with Gasteiger partial charge in [0.25, 0.3) is 5.91 Å². The SMILES string of the molecule is O=C(Nc1cc(Br)ccn1)c1cc(Br)cn1C1CC1. The van der Waals surface area contributed by atoms with E-state index in [0.717, 1.165) is 21.8 Å². The van der Waals surface area contributed by atoms with Crippen LogP contribution in [0.3, 0.4) is 0 Å². The molecule has 1 saturated carbocycles. The Hall–Kier alpha value is -1.14. The molecule has 0 atom stereocenters. The Balaban J connectivity index is 1.84. The highest BCUT2D eigenvalue weighted by Crippen LogP contribution is 2.37. The van der Waals surface area contributed by atoms with Crippen LogP contribution in [0.5, 0.6) is 0 Å². The van der Waals surface area contributed by atoms with Crippen LogP contribution in [0.1, 0.15) is 29.4 Å². The van der Waals surface area contributed by atoms with E-state index in [-0.39, 0.29) is 5.91 Å². The number of carbonyl (C=O) groups is 1. The molecule has 1 aliphatic carbocycles. The van der Waals surface area contributed by atoms with Gasteiger partial charge >= 0.3 is 0 Å². The second-order valence-electron chi connectivity index (χ2n) is 4.50. The van der Waals surface area contributed by atoms with Gasteiger partial charge in [0, 0.05) is 27.4 Å². The fourth-order valence-corrected chi connectivity index (χ4v) is 2.71. The summed E-state index contributed by atoms with van der Waals surface area (Å²) in [6, 6.07) is 5.89. The van der Waals surface area contributed by atoms with Crippen molar-refractivity contribution in [1.29, 1.82) is 0 Å². The van der Waals surface area contributed by atoms with Crippen LogP contribution < -0.4 is 5.32 Å². The van der Waals surface area contributed by atoms with Crippen molar-refractivity contribution >= 4 is 43.6 Å². The number of nitrogens with zero attached hydrogens (tertiary/aromatic N) is 2. The number of pyridine rings is 1. The molecule has 0 unspecified atom stereocenters. The summed E-state index contributed by atoms with van der Waals surface area (Å²) in [6.07, 6.45) is 5.88. The lowest BCUT2D eigenvalue weighted by Crippen LogP contribution is -2.17. The van der Waals surface area contributed by atoms with Crippen LogP contribution >= 0.6 is 31.9 Å². The van der Waals surface area contributed by atoms with Crippen LogP contribution in [0.25, 0.3) is 0 Å². The average Bonchev–Trinajstić information content (AvgIpc) is 3.12. The summed E-state index contributed by atoms with van der Waals surface area (Å²) in [5.74, 6) is 0.405. The molecule has 0 aliphatic heterocycles. The summed E-state index contributed by atoms with van der Waals surface area (Å²) >= 11 is 6.78. The van der Waals surface area contributed by atoms with Gasteiger partial charge in [-0.1, -0.05) is 15.9 Å². The van der Waals surface area contributed by atoms with E-state index in [4.69, 9.17) is 0 Å². The van der Waals surface area contributed by atoms with Crippen LogP contribution in [0.15, 0.2) is 39.5 Å². The Morgan fingerprint density at radius 3 is 2.79 bits per heavy atom. The average molecular weight is 385 g/mol. The zero-order chi connectivity index (χ0) is 13.4. The number of halogens is 2. The van der Waals surface area contributed by atoms with Crippen LogP contribution in [0.4, 0.5) is 5.82 Å². The van der Waals surface area contributed by atoms with Crippen LogP contribution in [0.2, 0.25) is 0 Å². The van der Waals surface area contributed by atoms with E-state index >= 15 is 0 Å². The van der Waals surface area contributed by atoms with E-state index in [2.05, 4.69) is 42.2 Å². The summed E-state index contributed by atoms with van der Waals surface area (Å²) in [5, 5.41) is 2.81. The first-order valence-corrected chi connectivity index (χ1v) is 7.52. The van der Waals surface area contributed by atoms with Gasteiger partial charge in [-0.25, -0.2) is 4.98 Å². The van der Waals surface area contributed by atoms with Gasteiger partial charge in [0.2, 0.25) is 0 Å². The van der Waals surface area contributed by atoms with Crippen molar-refractivity contribution in [2.75, 3.05) is 5.32 Å². The van der Waals surface area contributed by atoms with E-state index in [1.807, 2.05) is 22.9 Å². The van der Waals surface area contributed by atoms with E-state index in [1.165, 1.54) is 0 Å². The molecule has 0 spiro atoms. The van der Waals surface area contributed by atoms with E-state index < -0.39 is 0 Å². The van der Waals surface area contributed by atoms with Gasteiger partial charge in [-0.15, -0.1) is 0 Å². The number of hydrogen-bond acceptors (Lipinski definition) is 2. The molecule has 1 fully saturated rings. The molecule has 2 aromatic rings. The van der Waals surface area contributed by atoms with Gasteiger partial charge in [-0.2, -0.15) is 0 Å². The van der Waals surface area contributed by atoms with Gasteiger partial charge in [-0.3, -0.25) is 4.79 Å². The molecule has 0 aromatic carbocycles. The molecule has 0 radical (unpaired) electrons. The molecule has 1 aliphatic rings. The summed E-state index contributed by atoms with van der Waals surface area (Å²) in [6.45, 7) is 0. The normalized spacial score (nSPS) is 14.4. The fraction of sp³-hybridized carbons (Fsp3) is 0.231. The van der Waals surface area contributed by atoms with Gasteiger partial charge in [0.1, 0.15) is 11.5 Å². The summed E-state index contributed by atoms with van der Waals surface area (Å²) < 4.78 is 3.83. The lowest BCUT2D eigenvalue weighted by atomic mass is 10.3. The zero-order valence-electron chi connectivity index (χ0n) is 9.94. The van der Waals surface area contributed by atoms with Crippen LogP contribution in [-0.4, -0.2) is 15.5 Å². The summed E-state index contributed by atoms with van der Waals surface area (Å²) in [7, 11) is 0. The van der Waals surface area contributed by atoms with Crippen molar-refractivity contribution < 1.29 is 4.79 Å². The number of nitrogens with one attached hydrogen (secondary N) is 1. The molecule has 98 valence electrons. The van der Waals surface area contributed by atoms with Crippen LogP contribution in [-0.2, 0) is 0 Å². The van der Waals surface area contributed by atoms with Gasteiger partial charge in [0.05, 0.1) is 0 Å². The molecule has 1 amide bonds. The largest absolute Gasteiger partial charge is 0.339 e. The summed E-state index contributed by atoms with van der Waals surface area (Å²) in [4.78, 5) is 16.4. The molecule has 0 saturated heterocycles. The predicted octanol–water partition coefficient (Wildman–Crippen LogP) is 4.00. The molecule has 4 nitrogen and oxygen atoms in total. The smallest absolute Gasteiger partial charge is 0.273 e. The quantitative estimate of drug-likeness (QED) is 0.869. The number of rotatable bonds is 3. The Morgan fingerprint density at radius 1 is 1.32 bits per heavy atom. The highest BCUT2D eigenvalue weighted by molar-refractivity contribution is 9.10. The van der Waals surface area contributed by atoms with Crippen molar-refractivity contribution in [3.8, 4) is 0 Å². The Bertz CT molecular complexity index is 635. The molecule has 0 bridgehead atoms. The number of amides is 1. The minimum Gasteiger partial charge on any atom is -0.339 e. The Labute approximate surface area is 127 Å². The Kier molecular flexibility index (Phi) is 3.45. The predicted molar refractivity (Wildman–Crippen MR) is 80.3 cm³/mol. The third-order valence-electron chi connectivity index (χ3n) is 2.95. The standard InChI is InChI=1S/C13H11Br2N3O/c14-8-3-4-16-12(6-8)17-13(19)11-5-9(15)7-18(11)10-1-2-10/h3-7,10H,1-2H2,(H,16,17,19). The minimum atomic E-state index is -0.136. The first-order chi connectivity index (χ1) is 9.13. The topological polar surface area (TPSA) is 46.9 Å². The lowest BCUT2D eigenvalue weighted by molar-refractivity contribution is 0.101. The maximum absolute atomic E-state index is 12.3. The lowest BCUT2D eigenvalue weighted by Gasteiger charge is -2.08. The maximum Gasteiger partial charge on any atom is 0.273 e. The molecular formula is C13H11Br2N3O. The number of carbonyl (C=O) groups excluding carboxylic acids is 1. The highest BCUT2D eigenvalue weighted by atomic mass is 79.9. The van der Waals surface area contributed by atoms with E-state index in [1.54, 1.807) is 12.3 Å². The van der Waals surface area contributed by atoms with Crippen molar-refractivity contribution in [3.05, 3.63) is 45.2 Å². The highest BCUT2D eigenvalue weighted by Gasteiger charge is 2.27. The van der Waals surface area contributed by atoms with Crippen molar-refractivity contribution in [1.82, 2.24) is 9.55 Å². The molecule has 1 N–H and O–H groups in total. The van der Waals surface area contributed by atoms with E-state index in [9.17, 15) is 4.79 Å². The van der Waals surface area contributed by atoms with Crippen molar-refractivity contribution in [2.45, 2.75) is 18.9 Å². The number of aromatic nitrogens is 2. The van der Waals surface area contributed by atoms with Gasteiger partial charge < -0.3 is 9.88 Å². The van der Waals surface area contributed by atoms with Crippen molar-refractivity contribution in [3.63, 3.8) is 0 Å². The fourth-order valence-electron chi connectivity index (χ4n) is 1.94. The van der Waals surface area contributed by atoms with E-state index in [0.29, 0.717) is 17.6 Å². The number of hydrogen-bond donors (Lipinski definition) is 1. The number of anilines is 1. The minimum absolute atomic E-state index is 0.136. The molecule has 19 heavy (non-hydrogen) atoms. The van der Waals surface area contributed by atoms with Crippen molar-refractivity contribution in [2.24, 2.45) is 0 Å². The van der Waals surface area contributed by atoms with Gasteiger partial charge in [0.15, 0.2) is 0 Å². The molecular weight excluding hydrogens is 374 g/mol. The summed E-state index contributed by atoms with van der Waals surface area (Å²) in [5.41, 5.74) is 0.663. The second-order valence-corrected chi connectivity index (χ2v) is 6.33. The van der Waals surface area contributed by atoms with Gasteiger partial charge in [-0.05, 0) is 47.0 Å². The third kappa shape index (κ3) is 2.90. The molecule has 2 aromatic heterocycles. The Morgan fingerprint density at radius 2 is 2.11 bits per heavy atom. The van der Waals surface area contributed by atoms with Crippen LogP contribution in [0, 0.1) is 0 Å². The first kappa shape index (κ1) is 12.9. The maximum atomic E-state index is 12.3. The zero-order valence-corrected chi connectivity index (χ0v) is 13.1. The second kappa shape index (κ2) is 5.09. The first-order valence-electron chi connectivity index (χ1n) is 5.94. The molecule has 6 heteroatoms. The third-order valence-corrected chi connectivity index (χ3v) is 3.88. The molecule has 2 heterocycles. The monoisotopic (exact) mass is 383 g/mol. The molecule has 3 rings (SSSR count).